The van der Waals surface area contributed by atoms with Crippen LogP contribution in [0.2, 0.25) is 0 Å². The average Bonchev–Trinajstić information content (AvgIpc) is 2.60. The van der Waals surface area contributed by atoms with E-state index in [1.165, 1.54) is 12.1 Å². The molecule has 0 bridgehead atoms. The number of hydrogen-bond donors (Lipinski definition) is 1. The number of carbonyl (C=O) groups excluding carboxylic acids is 1. The summed E-state index contributed by atoms with van der Waals surface area (Å²) in [4.78, 5) is 22.5. The minimum absolute atomic E-state index is 0.146. The number of thioether (sulfide) groups is 1. The van der Waals surface area contributed by atoms with Gasteiger partial charge in [-0.3, -0.25) is 9.78 Å². The zero-order valence-electron chi connectivity index (χ0n) is 12.8. The van der Waals surface area contributed by atoms with E-state index in [2.05, 4.69) is 15.0 Å². The molecule has 2 N–H and O–H groups in total. The number of hydrogen-bond acceptors (Lipinski definition) is 5. The third-order valence-corrected chi connectivity index (χ3v) is 4.17. The Morgan fingerprint density at radius 1 is 1.20 bits per heavy atom. The van der Waals surface area contributed by atoms with Gasteiger partial charge in [0.1, 0.15) is 16.5 Å². The number of pyridine rings is 1. The van der Waals surface area contributed by atoms with Crippen molar-refractivity contribution in [1.29, 1.82) is 0 Å². The third-order valence-electron chi connectivity index (χ3n) is 3.47. The van der Waals surface area contributed by atoms with Crippen LogP contribution in [0.5, 0.6) is 0 Å². The first-order chi connectivity index (χ1) is 11.8. The molecular formula is C16H11F3N4OS. The molecule has 3 rings (SSSR count). The van der Waals surface area contributed by atoms with Gasteiger partial charge in [0.05, 0.1) is 11.7 Å². The van der Waals surface area contributed by atoms with Crippen molar-refractivity contribution in [2.45, 2.75) is 10.9 Å². The van der Waals surface area contributed by atoms with Crippen molar-refractivity contribution in [1.82, 2.24) is 15.0 Å². The quantitative estimate of drug-likeness (QED) is 0.568. The molecule has 5 nitrogen and oxygen atoms in total. The zero-order chi connectivity index (χ0) is 18.2. The van der Waals surface area contributed by atoms with Crippen LogP contribution in [0.1, 0.15) is 21.9 Å². The molecule has 1 aromatic carbocycles. The number of nitrogens with two attached hydrogens (primary N) is 1. The van der Waals surface area contributed by atoms with Gasteiger partial charge >= 0.3 is 5.92 Å². The van der Waals surface area contributed by atoms with E-state index in [1.807, 2.05) is 0 Å². The second kappa shape index (κ2) is 6.32. The topological polar surface area (TPSA) is 81.8 Å². The fraction of sp³-hybridized carbons (Fsp3) is 0.125. The summed E-state index contributed by atoms with van der Waals surface area (Å²) in [6, 6.07) is 6.13. The van der Waals surface area contributed by atoms with E-state index in [1.54, 1.807) is 12.3 Å². The lowest BCUT2D eigenvalue weighted by atomic mass is 10.1. The molecule has 0 aliphatic carbocycles. The summed E-state index contributed by atoms with van der Waals surface area (Å²) in [5.74, 6) is -5.84. The molecule has 0 unspecified atom stereocenters. The number of aromatic nitrogens is 3. The van der Waals surface area contributed by atoms with E-state index < -0.39 is 29.2 Å². The van der Waals surface area contributed by atoms with Gasteiger partial charge in [0.25, 0.3) is 0 Å². The van der Waals surface area contributed by atoms with Crippen LogP contribution in [-0.2, 0) is 5.92 Å². The fourth-order valence-corrected chi connectivity index (χ4v) is 2.80. The molecule has 1 amide bonds. The lowest BCUT2D eigenvalue weighted by Gasteiger charge is -2.16. The summed E-state index contributed by atoms with van der Waals surface area (Å²) in [5, 5.41) is 0.835. The first kappa shape index (κ1) is 17.2. The molecule has 0 radical (unpaired) electrons. The molecule has 128 valence electrons. The maximum Gasteiger partial charge on any atom is 0.348 e. The highest BCUT2D eigenvalue weighted by atomic mass is 32.2. The van der Waals surface area contributed by atoms with Gasteiger partial charge < -0.3 is 5.73 Å². The zero-order valence-corrected chi connectivity index (χ0v) is 13.6. The van der Waals surface area contributed by atoms with Crippen LogP contribution < -0.4 is 5.73 Å². The van der Waals surface area contributed by atoms with Gasteiger partial charge in [-0.05, 0) is 36.6 Å². The maximum atomic E-state index is 14.7. The van der Waals surface area contributed by atoms with E-state index in [0.29, 0.717) is 16.6 Å². The molecule has 9 heteroatoms. The summed E-state index contributed by atoms with van der Waals surface area (Å²) in [7, 11) is 0. The average molecular weight is 364 g/mol. The van der Waals surface area contributed by atoms with Crippen molar-refractivity contribution in [3.8, 4) is 0 Å². The van der Waals surface area contributed by atoms with E-state index in [-0.39, 0.29) is 11.1 Å². The highest BCUT2D eigenvalue weighted by molar-refractivity contribution is 7.98. The highest BCUT2D eigenvalue weighted by Crippen LogP contribution is 2.35. The van der Waals surface area contributed by atoms with Crippen LogP contribution in [0, 0.1) is 5.82 Å². The second-order valence-electron chi connectivity index (χ2n) is 5.09. The first-order valence-corrected chi connectivity index (χ1v) is 8.21. The Hall–Kier alpha value is -2.68. The van der Waals surface area contributed by atoms with E-state index in [0.717, 1.165) is 23.9 Å². The molecule has 0 aliphatic heterocycles. The predicted octanol–water partition coefficient (Wildman–Crippen LogP) is 3.12. The standard InChI is InChI=1S/C16H11F3N4OS/c1-25-14-10-4-2-8(13(20)24)6-11(10)22-15(23-14)16(18,19)12-5-3-9(17)7-21-12/h2-7H,1H3,(H2,20,24). The summed E-state index contributed by atoms with van der Waals surface area (Å²) in [6.45, 7) is 0. The van der Waals surface area contributed by atoms with Gasteiger partial charge in [0.15, 0.2) is 0 Å². The number of nitrogens with zero attached hydrogens (tertiary/aromatic N) is 3. The molecular weight excluding hydrogens is 353 g/mol. The highest BCUT2D eigenvalue weighted by Gasteiger charge is 2.39. The number of alkyl halides is 2. The lowest BCUT2D eigenvalue weighted by molar-refractivity contribution is 0.0277. The summed E-state index contributed by atoms with van der Waals surface area (Å²) in [5.41, 5.74) is 4.85. The van der Waals surface area contributed by atoms with Gasteiger partial charge in [0, 0.05) is 10.9 Å². The van der Waals surface area contributed by atoms with Crippen LogP contribution in [0.3, 0.4) is 0 Å². The Kier molecular flexibility index (Phi) is 4.34. The van der Waals surface area contributed by atoms with E-state index in [9.17, 15) is 18.0 Å². The molecule has 0 atom stereocenters. The van der Waals surface area contributed by atoms with Gasteiger partial charge in [-0.2, -0.15) is 8.78 Å². The van der Waals surface area contributed by atoms with Gasteiger partial charge in [-0.15, -0.1) is 11.8 Å². The Bertz CT molecular complexity index is 964. The third kappa shape index (κ3) is 3.14. The van der Waals surface area contributed by atoms with E-state index in [4.69, 9.17) is 5.73 Å². The Morgan fingerprint density at radius 2 is 1.96 bits per heavy atom. The minimum Gasteiger partial charge on any atom is -0.366 e. The maximum absolute atomic E-state index is 14.7. The number of carbonyl (C=O) groups is 1. The number of halogens is 3. The number of rotatable bonds is 4. The normalized spacial score (nSPS) is 11.7. The smallest absolute Gasteiger partial charge is 0.348 e. The van der Waals surface area contributed by atoms with Gasteiger partial charge in [0.2, 0.25) is 11.7 Å². The van der Waals surface area contributed by atoms with Crippen LogP contribution >= 0.6 is 11.8 Å². The van der Waals surface area contributed by atoms with Gasteiger partial charge in [-0.25, -0.2) is 14.4 Å². The largest absolute Gasteiger partial charge is 0.366 e. The van der Waals surface area contributed by atoms with E-state index >= 15 is 0 Å². The van der Waals surface area contributed by atoms with Crippen molar-refractivity contribution in [2.75, 3.05) is 6.26 Å². The number of primary amides is 1. The summed E-state index contributed by atoms with van der Waals surface area (Å²) < 4.78 is 42.4. The lowest BCUT2D eigenvalue weighted by Crippen LogP contribution is -2.21. The molecule has 0 saturated carbocycles. The molecule has 0 aliphatic rings. The molecule has 0 saturated heterocycles. The van der Waals surface area contributed by atoms with Crippen molar-refractivity contribution < 1.29 is 18.0 Å². The Balaban J connectivity index is 2.21. The Labute approximate surface area is 144 Å². The van der Waals surface area contributed by atoms with Crippen molar-refractivity contribution in [3.63, 3.8) is 0 Å². The van der Waals surface area contributed by atoms with Crippen molar-refractivity contribution >= 4 is 28.6 Å². The fourth-order valence-electron chi connectivity index (χ4n) is 2.23. The number of fused-ring (bicyclic) bond motifs is 1. The molecule has 3 aromatic rings. The van der Waals surface area contributed by atoms with Crippen molar-refractivity contribution in [3.05, 3.63) is 59.4 Å². The summed E-state index contributed by atoms with van der Waals surface area (Å²) >= 11 is 1.16. The molecule has 2 heterocycles. The number of benzene rings is 1. The van der Waals surface area contributed by atoms with Gasteiger partial charge in [-0.1, -0.05) is 0 Å². The molecule has 0 fully saturated rings. The monoisotopic (exact) mass is 364 g/mol. The SMILES string of the molecule is CSc1nc(C(F)(F)c2ccc(F)cn2)nc2cc(C(N)=O)ccc12. The van der Waals surface area contributed by atoms with Crippen molar-refractivity contribution in [2.24, 2.45) is 5.73 Å². The predicted molar refractivity (Wildman–Crippen MR) is 87.0 cm³/mol. The second-order valence-corrected chi connectivity index (χ2v) is 5.88. The van der Waals surface area contributed by atoms with Crippen LogP contribution in [-0.4, -0.2) is 27.1 Å². The molecule has 2 aromatic heterocycles. The Morgan fingerprint density at radius 3 is 2.56 bits per heavy atom. The number of amides is 1. The minimum atomic E-state index is -3.63. The summed E-state index contributed by atoms with van der Waals surface area (Å²) in [6.07, 6.45) is 2.38. The van der Waals surface area contributed by atoms with Crippen LogP contribution in [0.4, 0.5) is 13.2 Å². The molecule has 25 heavy (non-hydrogen) atoms. The first-order valence-electron chi connectivity index (χ1n) is 6.99. The molecule has 0 spiro atoms. The van der Waals surface area contributed by atoms with Crippen LogP contribution in [0.25, 0.3) is 10.9 Å². The van der Waals surface area contributed by atoms with Crippen LogP contribution in [0.15, 0.2) is 41.6 Å².